The van der Waals surface area contributed by atoms with Crippen LogP contribution >= 0.6 is 15.9 Å². The quantitative estimate of drug-likeness (QED) is 0.823. The van der Waals surface area contributed by atoms with Gasteiger partial charge < -0.3 is 10.6 Å². The Morgan fingerprint density at radius 1 is 1.10 bits per heavy atom. The molecule has 0 unspecified atom stereocenters. The van der Waals surface area contributed by atoms with Gasteiger partial charge in [0.05, 0.1) is 0 Å². The second-order valence-corrected chi connectivity index (χ2v) is 5.39. The number of benzene rings is 1. The van der Waals surface area contributed by atoms with Crippen molar-refractivity contribution in [2.45, 2.75) is 26.7 Å². The van der Waals surface area contributed by atoms with Gasteiger partial charge in [-0.05, 0) is 24.6 Å². The summed E-state index contributed by atoms with van der Waals surface area (Å²) in [6.07, 6.45) is 1.88. The summed E-state index contributed by atoms with van der Waals surface area (Å²) < 4.78 is 1.04. The highest BCUT2D eigenvalue weighted by Gasteiger charge is 2.04. The molecule has 0 spiro atoms. The summed E-state index contributed by atoms with van der Waals surface area (Å²) >= 11 is 3.47. The number of hydrogen-bond donors (Lipinski definition) is 2. The molecule has 0 atom stereocenters. The van der Waals surface area contributed by atoms with Gasteiger partial charge >= 0.3 is 0 Å². The van der Waals surface area contributed by atoms with Gasteiger partial charge in [0.2, 0.25) is 0 Å². The summed E-state index contributed by atoms with van der Waals surface area (Å²) in [6.45, 7) is 5.11. The van der Waals surface area contributed by atoms with E-state index in [1.54, 1.807) is 0 Å². The molecule has 0 saturated carbocycles. The Bertz CT molecular complexity index is 572. The Labute approximate surface area is 128 Å². The zero-order valence-electron chi connectivity index (χ0n) is 11.8. The fourth-order valence-electron chi connectivity index (χ4n) is 1.78. The van der Waals surface area contributed by atoms with Crippen LogP contribution in [0.1, 0.15) is 26.1 Å². The number of nitrogens with one attached hydrogen (secondary N) is 2. The molecule has 5 heteroatoms. The minimum absolute atomic E-state index is 0.813. The van der Waals surface area contributed by atoms with Crippen molar-refractivity contribution in [3.8, 4) is 0 Å². The molecule has 0 aliphatic heterocycles. The zero-order valence-corrected chi connectivity index (χ0v) is 13.4. The molecule has 0 fully saturated rings. The monoisotopic (exact) mass is 334 g/mol. The maximum Gasteiger partial charge on any atom is 0.136 e. The number of aromatic nitrogens is 2. The molecule has 106 valence electrons. The van der Waals surface area contributed by atoms with Gasteiger partial charge in [-0.3, -0.25) is 0 Å². The summed E-state index contributed by atoms with van der Waals surface area (Å²) in [5, 5.41) is 6.62. The first-order valence-electron chi connectivity index (χ1n) is 6.85. The molecular weight excluding hydrogens is 316 g/mol. The third-order valence-corrected chi connectivity index (χ3v) is 3.24. The molecule has 4 nitrogen and oxygen atoms in total. The molecule has 0 aliphatic rings. The fraction of sp³-hybridized carbons (Fsp3) is 0.333. The second-order valence-electron chi connectivity index (χ2n) is 4.47. The predicted octanol–water partition coefficient (Wildman–Crippen LogP) is 4.37. The largest absolute Gasteiger partial charge is 0.370 e. The summed E-state index contributed by atoms with van der Waals surface area (Å²) in [6, 6.07) is 9.96. The van der Waals surface area contributed by atoms with Crippen LogP contribution in [0.25, 0.3) is 0 Å². The van der Waals surface area contributed by atoms with E-state index in [0.29, 0.717) is 0 Å². The van der Waals surface area contributed by atoms with Crippen LogP contribution in [0.4, 0.5) is 17.3 Å². The molecule has 1 aromatic heterocycles. The topological polar surface area (TPSA) is 49.8 Å². The van der Waals surface area contributed by atoms with Gasteiger partial charge in [0.25, 0.3) is 0 Å². The van der Waals surface area contributed by atoms with E-state index in [1.165, 1.54) is 0 Å². The minimum atomic E-state index is 0.813. The number of rotatable bonds is 6. The van der Waals surface area contributed by atoms with Gasteiger partial charge in [0.15, 0.2) is 0 Å². The molecular formula is C15H19BrN4. The van der Waals surface area contributed by atoms with Crippen LogP contribution in [0.2, 0.25) is 0 Å². The molecule has 2 aromatic rings. The lowest BCUT2D eigenvalue weighted by atomic mass is 10.3. The molecule has 20 heavy (non-hydrogen) atoms. The van der Waals surface area contributed by atoms with Crippen LogP contribution in [0.5, 0.6) is 0 Å². The number of halogens is 1. The lowest BCUT2D eigenvalue weighted by molar-refractivity contribution is 0.919. The van der Waals surface area contributed by atoms with Gasteiger partial charge in [0.1, 0.15) is 17.5 Å². The molecule has 0 radical (unpaired) electrons. The van der Waals surface area contributed by atoms with Crippen molar-refractivity contribution < 1.29 is 0 Å². The third-order valence-electron chi connectivity index (χ3n) is 2.74. The van der Waals surface area contributed by atoms with Crippen LogP contribution in [-0.4, -0.2) is 16.5 Å². The van der Waals surface area contributed by atoms with Crippen molar-refractivity contribution in [2.75, 3.05) is 17.2 Å². The molecule has 0 bridgehead atoms. The third kappa shape index (κ3) is 4.20. The van der Waals surface area contributed by atoms with Crippen LogP contribution < -0.4 is 10.6 Å². The summed E-state index contributed by atoms with van der Waals surface area (Å²) in [4.78, 5) is 8.98. The van der Waals surface area contributed by atoms with E-state index >= 15 is 0 Å². The van der Waals surface area contributed by atoms with Crippen molar-refractivity contribution in [2.24, 2.45) is 0 Å². The number of aryl methyl sites for hydroxylation is 1. The normalized spacial score (nSPS) is 10.3. The Kier molecular flexibility index (Phi) is 5.35. The predicted molar refractivity (Wildman–Crippen MR) is 87.6 cm³/mol. The van der Waals surface area contributed by atoms with E-state index < -0.39 is 0 Å². The van der Waals surface area contributed by atoms with E-state index in [1.807, 2.05) is 30.3 Å². The Morgan fingerprint density at radius 2 is 1.90 bits per heavy atom. The van der Waals surface area contributed by atoms with Crippen molar-refractivity contribution in [3.63, 3.8) is 0 Å². The molecule has 2 rings (SSSR count). The second kappa shape index (κ2) is 7.24. The van der Waals surface area contributed by atoms with Gasteiger partial charge in [-0.25, -0.2) is 9.97 Å². The maximum atomic E-state index is 4.51. The SMILES string of the molecule is CCCNc1cc(Nc2cccc(Br)c2)nc(CC)n1. The van der Waals surface area contributed by atoms with Crippen LogP contribution in [-0.2, 0) is 6.42 Å². The number of hydrogen-bond acceptors (Lipinski definition) is 4. The first-order chi connectivity index (χ1) is 9.71. The van der Waals surface area contributed by atoms with Crippen LogP contribution in [0.15, 0.2) is 34.8 Å². The molecule has 0 amide bonds. The van der Waals surface area contributed by atoms with E-state index in [4.69, 9.17) is 0 Å². The first-order valence-corrected chi connectivity index (χ1v) is 7.65. The van der Waals surface area contributed by atoms with Gasteiger partial charge in [-0.1, -0.05) is 35.8 Å². The molecule has 1 heterocycles. The van der Waals surface area contributed by atoms with Gasteiger partial charge in [-0.2, -0.15) is 0 Å². The highest BCUT2D eigenvalue weighted by Crippen LogP contribution is 2.21. The first kappa shape index (κ1) is 14.8. The van der Waals surface area contributed by atoms with Crippen molar-refractivity contribution in [3.05, 3.63) is 40.6 Å². The summed E-state index contributed by atoms with van der Waals surface area (Å²) in [7, 11) is 0. The fourth-order valence-corrected chi connectivity index (χ4v) is 2.18. The number of nitrogens with zero attached hydrogens (tertiary/aromatic N) is 2. The van der Waals surface area contributed by atoms with Crippen LogP contribution in [0.3, 0.4) is 0 Å². The Morgan fingerprint density at radius 3 is 2.60 bits per heavy atom. The van der Waals surface area contributed by atoms with Crippen LogP contribution in [0, 0.1) is 0 Å². The van der Waals surface area contributed by atoms with Crippen molar-refractivity contribution in [1.82, 2.24) is 9.97 Å². The molecule has 0 saturated heterocycles. The Balaban J connectivity index is 2.21. The standard InChI is InChI=1S/C15H19BrN4/c1-3-8-17-14-10-15(20-13(4-2)19-14)18-12-7-5-6-11(16)9-12/h5-7,9-10H,3-4,8H2,1-2H3,(H2,17,18,19,20). The van der Waals surface area contributed by atoms with E-state index in [0.717, 1.165) is 47.0 Å². The highest BCUT2D eigenvalue weighted by molar-refractivity contribution is 9.10. The molecule has 2 N–H and O–H groups in total. The van der Waals surface area contributed by atoms with Crippen molar-refractivity contribution >= 4 is 33.3 Å². The zero-order chi connectivity index (χ0) is 14.4. The van der Waals surface area contributed by atoms with E-state index in [9.17, 15) is 0 Å². The summed E-state index contributed by atoms with van der Waals surface area (Å²) in [5.74, 6) is 2.52. The lowest BCUT2D eigenvalue weighted by Crippen LogP contribution is -2.06. The van der Waals surface area contributed by atoms with E-state index in [-0.39, 0.29) is 0 Å². The molecule has 0 aliphatic carbocycles. The highest BCUT2D eigenvalue weighted by atomic mass is 79.9. The molecule has 1 aromatic carbocycles. The smallest absolute Gasteiger partial charge is 0.136 e. The van der Waals surface area contributed by atoms with E-state index in [2.05, 4.69) is 50.4 Å². The average molecular weight is 335 g/mol. The van der Waals surface area contributed by atoms with Gasteiger partial charge in [-0.15, -0.1) is 0 Å². The maximum absolute atomic E-state index is 4.51. The number of anilines is 3. The minimum Gasteiger partial charge on any atom is -0.370 e. The van der Waals surface area contributed by atoms with Gasteiger partial charge in [0, 0.05) is 29.2 Å². The summed E-state index contributed by atoms with van der Waals surface area (Å²) in [5.41, 5.74) is 1.00. The average Bonchev–Trinajstić information content (AvgIpc) is 2.45. The lowest BCUT2D eigenvalue weighted by Gasteiger charge is -2.10. The van der Waals surface area contributed by atoms with Crippen molar-refractivity contribution in [1.29, 1.82) is 0 Å². The Hall–Kier alpha value is -1.62.